The minimum atomic E-state index is -0.843. The van der Waals surface area contributed by atoms with Crippen molar-refractivity contribution in [2.75, 3.05) is 13.6 Å². The Labute approximate surface area is 130 Å². The molecular formula is C18H21NO3. The molecule has 4 heteroatoms. The lowest BCUT2D eigenvalue weighted by atomic mass is 9.49. The van der Waals surface area contributed by atoms with Crippen LogP contribution in [0, 0.1) is 6.92 Å². The van der Waals surface area contributed by atoms with E-state index < -0.39 is 17.1 Å². The molecule has 1 aromatic carbocycles. The molecule has 2 heterocycles. The summed E-state index contributed by atoms with van der Waals surface area (Å²) in [6.07, 6.45) is 2.15. The van der Waals surface area contributed by atoms with Crippen molar-refractivity contribution in [3.05, 3.63) is 28.8 Å². The highest BCUT2D eigenvalue weighted by atomic mass is 16.5. The molecule has 22 heavy (non-hydrogen) atoms. The molecule has 2 aliphatic carbocycles. The molecule has 1 saturated heterocycles. The molecule has 4 aliphatic rings. The fourth-order valence-corrected chi connectivity index (χ4v) is 5.68. The minimum absolute atomic E-state index is 0.0848. The van der Waals surface area contributed by atoms with Crippen LogP contribution in [-0.4, -0.2) is 47.1 Å². The van der Waals surface area contributed by atoms with E-state index in [9.17, 15) is 9.90 Å². The zero-order valence-corrected chi connectivity index (χ0v) is 13.1. The molecule has 5 rings (SSSR count). The topological polar surface area (TPSA) is 49.8 Å². The highest BCUT2D eigenvalue weighted by Crippen LogP contribution is 2.63. The molecule has 4 atom stereocenters. The molecular weight excluding hydrogens is 278 g/mol. The van der Waals surface area contributed by atoms with Gasteiger partial charge in [0.15, 0.2) is 11.9 Å². The Morgan fingerprint density at radius 3 is 3.00 bits per heavy atom. The van der Waals surface area contributed by atoms with Gasteiger partial charge in [0, 0.05) is 18.0 Å². The van der Waals surface area contributed by atoms with Gasteiger partial charge < -0.3 is 14.7 Å². The summed E-state index contributed by atoms with van der Waals surface area (Å²) in [5, 5.41) is 11.7. The van der Waals surface area contributed by atoms with E-state index in [-0.39, 0.29) is 11.8 Å². The van der Waals surface area contributed by atoms with Crippen LogP contribution in [0.5, 0.6) is 5.75 Å². The molecule has 1 N–H and O–H groups in total. The molecule has 2 unspecified atom stereocenters. The second kappa shape index (κ2) is 3.74. The van der Waals surface area contributed by atoms with E-state index in [2.05, 4.69) is 24.1 Å². The molecule has 1 aromatic rings. The first kappa shape index (κ1) is 13.1. The Kier molecular flexibility index (Phi) is 2.23. The first-order valence-corrected chi connectivity index (χ1v) is 8.24. The Balaban J connectivity index is 1.88. The maximum atomic E-state index is 12.6. The molecule has 4 nitrogen and oxygen atoms in total. The average Bonchev–Trinajstić information content (AvgIpc) is 2.85. The number of nitrogens with zero attached hydrogens (tertiary/aromatic N) is 1. The van der Waals surface area contributed by atoms with Crippen LogP contribution in [-0.2, 0) is 16.6 Å². The molecule has 116 valence electrons. The number of hydrogen-bond donors (Lipinski definition) is 1. The third-order valence-electron chi connectivity index (χ3n) is 6.74. The number of rotatable bonds is 0. The van der Waals surface area contributed by atoms with Crippen molar-refractivity contribution in [3.8, 4) is 5.75 Å². The fraction of sp³-hybridized carbons (Fsp3) is 0.611. The molecule has 1 spiro atoms. The summed E-state index contributed by atoms with van der Waals surface area (Å²) in [6.45, 7) is 2.95. The summed E-state index contributed by atoms with van der Waals surface area (Å²) >= 11 is 0. The van der Waals surface area contributed by atoms with Crippen LogP contribution in [0.4, 0.5) is 0 Å². The van der Waals surface area contributed by atoms with Crippen LogP contribution in [0.2, 0.25) is 0 Å². The highest BCUT2D eigenvalue weighted by molar-refractivity contribution is 5.89. The summed E-state index contributed by atoms with van der Waals surface area (Å²) in [5.74, 6) is 1.04. The normalized spacial score (nSPS) is 42.0. The third-order valence-corrected chi connectivity index (χ3v) is 6.74. The number of hydrogen-bond acceptors (Lipinski definition) is 4. The molecule has 1 saturated carbocycles. The monoisotopic (exact) mass is 299 g/mol. The Morgan fingerprint density at radius 1 is 1.36 bits per heavy atom. The summed E-state index contributed by atoms with van der Waals surface area (Å²) in [4.78, 5) is 14.9. The van der Waals surface area contributed by atoms with E-state index in [4.69, 9.17) is 4.74 Å². The van der Waals surface area contributed by atoms with Crippen molar-refractivity contribution in [3.63, 3.8) is 0 Å². The number of carbonyl (C=O) groups excluding carboxylic acids is 1. The predicted octanol–water partition coefficient (Wildman–Crippen LogP) is 1.35. The lowest BCUT2D eigenvalue weighted by molar-refractivity contribution is -0.185. The number of piperidine rings is 1. The smallest absolute Gasteiger partial charge is 0.174 e. The van der Waals surface area contributed by atoms with Gasteiger partial charge in [-0.3, -0.25) is 4.79 Å². The third kappa shape index (κ3) is 1.16. The van der Waals surface area contributed by atoms with Crippen LogP contribution in [0.25, 0.3) is 0 Å². The van der Waals surface area contributed by atoms with Gasteiger partial charge in [0.1, 0.15) is 5.75 Å². The van der Waals surface area contributed by atoms with Crippen molar-refractivity contribution in [1.82, 2.24) is 4.90 Å². The number of aliphatic hydroxyl groups is 1. The van der Waals surface area contributed by atoms with E-state index in [0.29, 0.717) is 12.8 Å². The van der Waals surface area contributed by atoms with E-state index in [1.807, 2.05) is 6.92 Å². The number of likely N-dealkylation sites (N-methyl/N-ethyl adjacent to an activating group) is 1. The maximum Gasteiger partial charge on any atom is 0.174 e. The Morgan fingerprint density at radius 2 is 2.18 bits per heavy atom. The summed E-state index contributed by atoms with van der Waals surface area (Å²) in [7, 11) is 2.09. The molecule has 0 aromatic heterocycles. The van der Waals surface area contributed by atoms with E-state index >= 15 is 0 Å². The van der Waals surface area contributed by atoms with Gasteiger partial charge in [-0.15, -0.1) is 0 Å². The molecule has 0 radical (unpaired) electrons. The predicted molar refractivity (Wildman–Crippen MR) is 81.2 cm³/mol. The van der Waals surface area contributed by atoms with Crippen molar-refractivity contribution in [1.29, 1.82) is 0 Å². The second-order valence-electron chi connectivity index (χ2n) is 7.56. The SMILES string of the molecule is Cc1ccc2c3c1OC1C(=O)CC[C@]4(O)[C@H](C2)N(C)CCC314. The van der Waals surface area contributed by atoms with Crippen LogP contribution >= 0.6 is 0 Å². The summed E-state index contributed by atoms with van der Waals surface area (Å²) < 4.78 is 6.19. The maximum absolute atomic E-state index is 12.6. The number of benzene rings is 1. The van der Waals surface area contributed by atoms with E-state index in [1.165, 1.54) is 5.56 Å². The van der Waals surface area contributed by atoms with Gasteiger partial charge in [0.25, 0.3) is 0 Å². The van der Waals surface area contributed by atoms with Crippen molar-refractivity contribution in [2.24, 2.45) is 0 Å². The van der Waals surface area contributed by atoms with Crippen LogP contribution in [0.1, 0.15) is 36.0 Å². The van der Waals surface area contributed by atoms with Gasteiger partial charge in [0.2, 0.25) is 0 Å². The number of Topliss-reactive ketones (excluding diaryl/α,β-unsaturated/α-hetero) is 1. The second-order valence-corrected chi connectivity index (χ2v) is 7.56. The van der Waals surface area contributed by atoms with Gasteiger partial charge in [-0.2, -0.15) is 0 Å². The standard InChI is InChI=1S/C18H21NO3/c1-10-3-4-11-9-13-18(21)6-5-12(20)16-17(18,7-8-19(13)2)14(11)15(10)22-16/h3-4,13,16,21H,5-9H2,1-2H3/t13-,16?,17?,18-/m0/s1. The van der Waals surface area contributed by atoms with Crippen molar-refractivity contribution < 1.29 is 14.6 Å². The fourth-order valence-electron chi connectivity index (χ4n) is 5.68. The molecule has 2 aliphatic heterocycles. The van der Waals surface area contributed by atoms with E-state index in [1.54, 1.807) is 0 Å². The lowest BCUT2D eigenvalue weighted by Gasteiger charge is -2.62. The Bertz CT molecular complexity index is 715. The number of carbonyl (C=O) groups is 1. The van der Waals surface area contributed by atoms with Gasteiger partial charge >= 0.3 is 0 Å². The number of aryl methyl sites for hydroxylation is 1. The summed E-state index contributed by atoms with van der Waals surface area (Å²) in [6, 6.07) is 4.35. The number of likely N-dealkylation sites (tertiary alicyclic amines) is 1. The van der Waals surface area contributed by atoms with Crippen molar-refractivity contribution in [2.45, 2.75) is 55.8 Å². The molecule has 0 amide bonds. The number of ether oxygens (including phenoxy) is 1. The van der Waals surface area contributed by atoms with Crippen LogP contribution in [0.15, 0.2) is 12.1 Å². The average molecular weight is 299 g/mol. The quantitative estimate of drug-likeness (QED) is 0.785. The van der Waals surface area contributed by atoms with Gasteiger partial charge in [0.05, 0.1) is 11.0 Å². The minimum Gasteiger partial charge on any atom is -0.481 e. The highest BCUT2D eigenvalue weighted by Gasteiger charge is 2.72. The summed E-state index contributed by atoms with van der Waals surface area (Å²) in [5.41, 5.74) is 2.13. The first-order chi connectivity index (χ1) is 10.5. The van der Waals surface area contributed by atoms with Crippen molar-refractivity contribution >= 4 is 5.78 Å². The van der Waals surface area contributed by atoms with Gasteiger partial charge in [-0.05, 0) is 50.9 Å². The van der Waals surface area contributed by atoms with Crippen LogP contribution < -0.4 is 4.74 Å². The molecule has 2 fully saturated rings. The Hall–Kier alpha value is -1.39. The zero-order chi connectivity index (χ0) is 15.3. The number of ketones is 1. The zero-order valence-electron chi connectivity index (χ0n) is 13.1. The van der Waals surface area contributed by atoms with Gasteiger partial charge in [-0.25, -0.2) is 0 Å². The largest absolute Gasteiger partial charge is 0.481 e. The lowest BCUT2D eigenvalue weighted by Crippen LogP contribution is -2.76. The van der Waals surface area contributed by atoms with E-state index in [0.717, 1.165) is 36.3 Å². The first-order valence-electron chi connectivity index (χ1n) is 8.24. The molecule has 2 bridgehead atoms. The van der Waals surface area contributed by atoms with Crippen LogP contribution in [0.3, 0.4) is 0 Å². The van der Waals surface area contributed by atoms with Gasteiger partial charge in [-0.1, -0.05) is 12.1 Å².